The third-order valence-electron chi connectivity index (χ3n) is 3.73. The molecular weight excluding hydrogens is 340 g/mol. The van der Waals surface area contributed by atoms with Crippen molar-refractivity contribution < 1.29 is 9.53 Å². The van der Waals surface area contributed by atoms with Crippen LogP contribution in [0.25, 0.3) is 22.0 Å². The fourth-order valence-corrected chi connectivity index (χ4v) is 2.82. The van der Waals surface area contributed by atoms with E-state index in [1.807, 2.05) is 31.2 Å². The number of hydrogen-bond donors (Lipinski definition) is 2. The number of fused-ring (bicyclic) bond motifs is 1. The van der Waals surface area contributed by atoms with Gasteiger partial charge >= 0.3 is 0 Å². The predicted octanol–water partition coefficient (Wildman–Crippen LogP) is 3.29. The molecule has 2 aromatic carbocycles. The predicted molar refractivity (Wildman–Crippen MR) is 99.0 cm³/mol. The number of rotatable bonds is 4. The van der Waals surface area contributed by atoms with E-state index in [0.717, 1.165) is 16.5 Å². The first-order chi connectivity index (χ1) is 12.0. The highest BCUT2D eigenvalue weighted by Crippen LogP contribution is 2.31. The zero-order valence-corrected chi connectivity index (χ0v) is 14.6. The normalized spacial score (nSPS) is 10.7. The lowest BCUT2D eigenvalue weighted by Crippen LogP contribution is -2.18. The summed E-state index contributed by atoms with van der Waals surface area (Å²) in [4.78, 5) is 20.1. The summed E-state index contributed by atoms with van der Waals surface area (Å²) in [5.74, 6) is 0.388. The monoisotopic (exact) mass is 356 g/mol. The lowest BCUT2D eigenvalue weighted by Gasteiger charge is -2.10. The van der Waals surface area contributed by atoms with Crippen molar-refractivity contribution >= 4 is 34.4 Å². The largest absolute Gasteiger partial charge is 0.477 e. The maximum Gasteiger partial charge on any atom is 0.252 e. The van der Waals surface area contributed by atoms with E-state index in [0.29, 0.717) is 28.6 Å². The summed E-state index contributed by atoms with van der Waals surface area (Å²) in [7, 11) is 1.57. The smallest absolute Gasteiger partial charge is 0.252 e. The maximum atomic E-state index is 11.8. The van der Waals surface area contributed by atoms with E-state index in [-0.39, 0.29) is 11.9 Å². The van der Waals surface area contributed by atoms with Crippen LogP contribution in [0.1, 0.15) is 17.3 Å². The Morgan fingerprint density at radius 3 is 2.60 bits per heavy atom. The molecule has 0 unspecified atom stereocenters. The Morgan fingerprint density at radius 2 is 1.92 bits per heavy atom. The molecule has 1 amide bonds. The van der Waals surface area contributed by atoms with Gasteiger partial charge in [-0.05, 0) is 42.3 Å². The van der Waals surface area contributed by atoms with Crippen molar-refractivity contribution in [2.45, 2.75) is 6.92 Å². The summed E-state index contributed by atoms with van der Waals surface area (Å²) in [6, 6.07) is 11.0. The van der Waals surface area contributed by atoms with Gasteiger partial charge in [-0.2, -0.15) is 4.98 Å². The minimum absolute atomic E-state index is 0.168. The number of halogens is 1. The topological polar surface area (TPSA) is 90.1 Å². The average molecular weight is 357 g/mol. The number of nitrogen functional groups attached to an aromatic ring is 1. The number of hydrogen-bond acceptors (Lipinski definition) is 5. The molecule has 0 aliphatic carbocycles. The lowest BCUT2D eigenvalue weighted by atomic mass is 10.0. The van der Waals surface area contributed by atoms with Crippen LogP contribution < -0.4 is 15.8 Å². The Bertz CT molecular complexity index is 959. The fraction of sp³-hybridized carbons (Fsp3) is 0.167. The van der Waals surface area contributed by atoms with Crippen molar-refractivity contribution in [3.8, 4) is 17.0 Å². The lowest BCUT2D eigenvalue weighted by molar-refractivity contribution is 0.0963. The van der Waals surface area contributed by atoms with Gasteiger partial charge in [-0.3, -0.25) is 4.79 Å². The third kappa shape index (κ3) is 3.34. The van der Waals surface area contributed by atoms with E-state index in [2.05, 4.69) is 15.3 Å². The number of ether oxygens (including phenoxy) is 1. The van der Waals surface area contributed by atoms with Crippen molar-refractivity contribution in [1.82, 2.24) is 15.3 Å². The van der Waals surface area contributed by atoms with Crippen LogP contribution >= 0.6 is 11.6 Å². The highest BCUT2D eigenvalue weighted by Gasteiger charge is 2.12. The van der Waals surface area contributed by atoms with E-state index >= 15 is 0 Å². The molecule has 0 saturated carbocycles. The summed E-state index contributed by atoms with van der Waals surface area (Å²) in [6.45, 7) is 2.35. The maximum absolute atomic E-state index is 11.8. The van der Waals surface area contributed by atoms with Crippen LogP contribution in [0.5, 0.6) is 5.88 Å². The summed E-state index contributed by atoms with van der Waals surface area (Å²) >= 11 is 6.25. The van der Waals surface area contributed by atoms with Crippen LogP contribution in [-0.2, 0) is 0 Å². The van der Waals surface area contributed by atoms with Gasteiger partial charge in [-0.1, -0.05) is 23.7 Å². The Morgan fingerprint density at radius 1 is 1.20 bits per heavy atom. The standard InChI is InChI=1S/C18H17ClN4O2/c1-3-25-17-13-8-10(5-7-15(13)22-18(20)23-17)11-4-6-12(14(19)9-11)16(24)21-2/h4-9H,3H2,1-2H3,(H,21,24)(H2,20,22,23). The molecule has 0 bridgehead atoms. The molecular formula is C18H17ClN4O2. The Balaban J connectivity index is 2.10. The zero-order chi connectivity index (χ0) is 18.0. The molecule has 3 N–H and O–H groups in total. The van der Waals surface area contributed by atoms with Crippen molar-refractivity contribution in [3.63, 3.8) is 0 Å². The van der Waals surface area contributed by atoms with Crippen LogP contribution in [0.4, 0.5) is 5.95 Å². The van der Waals surface area contributed by atoms with Crippen LogP contribution in [0.2, 0.25) is 5.02 Å². The van der Waals surface area contributed by atoms with Crippen molar-refractivity contribution in [3.05, 3.63) is 47.0 Å². The van der Waals surface area contributed by atoms with Gasteiger partial charge in [0.25, 0.3) is 5.91 Å². The number of anilines is 1. The minimum atomic E-state index is -0.224. The van der Waals surface area contributed by atoms with Gasteiger partial charge in [0.1, 0.15) is 0 Å². The van der Waals surface area contributed by atoms with Crippen LogP contribution in [-0.4, -0.2) is 29.5 Å². The molecule has 6 nitrogen and oxygen atoms in total. The Kier molecular flexibility index (Phi) is 4.72. The van der Waals surface area contributed by atoms with E-state index in [9.17, 15) is 4.79 Å². The zero-order valence-electron chi connectivity index (χ0n) is 13.8. The molecule has 7 heteroatoms. The van der Waals surface area contributed by atoms with E-state index in [1.165, 1.54) is 0 Å². The first kappa shape index (κ1) is 17.0. The van der Waals surface area contributed by atoms with Gasteiger partial charge in [-0.25, -0.2) is 4.98 Å². The van der Waals surface area contributed by atoms with Gasteiger partial charge < -0.3 is 15.8 Å². The number of amides is 1. The number of nitrogens with two attached hydrogens (primary N) is 1. The molecule has 0 aliphatic heterocycles. The van der Waals surface area contributed by atoms with Crippen molar-refractivity contribution in [2.75, 3.05) is 19.4 Å². The fourth-order valence-electron chi connectivity index (χ4n) is 2.56. The van der Waals surface area contributed by atoms with Gasteiger partial charge in [0.05, 0.1) is 28.1 Å². The molecule has 1 heterocycles. The van der Waals surface area contributed by atoms with Crippen LogP contribution in [0.15, 0.2) is 36.4 Å². The van der Waals surface area contributed by atoms with Crippen molar-refractivity contribution in [2.24, 2.45) is 0 Å². The number of carbonyl (C=O) groups is 1. The molecule has 0 saturated heterocycles. The summed E-state index contributed by atoms with van der Waals surface area (Å²) < 4.78 is 5.57. The second-order valence-corrected chi connectivity index (χ2v) is 5.73. The first-order valence-corrected chi connectivity index (χ1v) is 8.13. The second-order valence-electron chi connectivity index (χ2n) is 5.33. The number of benzene rings is 2. The minimum Gasteiger partial charge on any atom is -0.477 e. The Hall–Kier alpha value is -2.86. The number of nitrogens with zero attached hydrogens (tertiary/aromatic N) is 2. The average Bonchev–Trinajstić information content (AvgIpc) is 2.61. The molecule has 0 fully saturated rings. The van der Waals surface area contributed by atoms with Gasteiger partial charge in [0, 0.05) is 7.05 Å². The van der Waals surface area contributed by atoms with E-state index in [1.54, 1.807) is 19.2 Å². The highest BCUT2D eigenvalue weighted by molar-refractivity contribution is 6.34. The van der Waals surface area contributed by atoms with E-state index < -0.39 is 0 Å². The first-order valence-electron chi connectivity index (χ1n) is 7.75. The molecule has 0 atom stereocenters. The summed E-state index contributed by atoms with van der Waals surface area (Å²) in [5, 5.41) is 3.71. The van der Waals surface area contributed by atoms with Gasteiger partial charge in [0.2, 0.25) is 11.8 Å². The molecule has 3 aromatic rings. The third-order valence-corrected chi connectivity index (χ3v) is 4.05. The van der Waals surface area contributed by atoms with Crippen LogP contribution in [0, 0.1) is 0 Å². The van der Waals surface area contributed by atoms with Crippen LogP contribution in [0.3, 0.4) is 0 Å². The van der Waals surface area contributed by atoms with Gasteiger partial charge in [-0.15, -0.1) is 0 Å². The molecule has 3 rings (SSSR count). The second kappa shape index (κ2) is 6.94. The molecule has 0 spiro atoms. The number of carbonyl (C=O) groups excluding carboxylic acids is 1. The molecule has 0 radical (unpaired) electrons. The number of aromatic nitrogens is 2. The summed E-state index contributed by atoms with van der Waals surface area (Å²) in [5.41, 5.74) is 8.64. The van der Waals surface area contributed by atoms with Gasteiger partial charge in [0.15, 0.2) is 0 Å². The number of nitrogens with one attached hydrogen (secondary N) is 1. The quantitative estimate of drug-likeness (QED) is 0.748. The highest BCUT2D eigenvalue weighted by atomic mass is 35.5. The molecule has 25 heavy (non-hydrogen) atoms. The SMILES string of the molecule is CCOc1nc(N)nc2ccc(-c3ccc(C(=O)NC)c(Cl)c3)cc12. The Labute approximate surface area is 150 Å². The van der Waals surface area contributed by atoms with E-state index in [4.69, 9.17) is 22.1 Å². The molecule has 0 aliphatic rings. The molecule has 128 valence electrons. The molecule has 1 aromatic heterocycles. The summed E-state index contributed by atoms with van der Waals surface area (Å²) in [6.07, 6.45) is 0. The van der Waals surface area contributed by atoms with Crippen molar-refractivity contribution in [1.29, 1.82) is 0 Å².